The maximum absolute atomic E-state index is 6.40. The SMILES string of the molecule is C\C=C/C(=C\C=N\Cc1ccc(C/N=C/C=C(\C=C/C)c2ccncc2)c(OCCCCCCCCCCCCCC)c1)c1ccncc1. The Kier molecular flexibility index (Phi) is 20.4. The van der Waals surface area contributed by atoms with Gasteiger partial charge in [0, 0.05) is 42.8 Å². The molecule has 3 rings (SSSR count). The molecule has 0 saturated heterocycles. The number of pyridine rings is 2. The van der Waals surface area contributed by atoms with Crippen molar-refractivity contribution < 1.29 is 4.74 Å². The third-order valence-corrected chi connectivity index (χ3v) is 8.36. The number of nitrogens with zero attached hydrogens (tertiary/aromatic N) is 4. The first-order valence-electron chi connectivity index (χ1n) is 18.5. The van der Waals surface area contributed by atoms with E-state index >= 15 is 0 Å². The van der Waals surface area contributed by atoms with Crippen molar-refractivity contribution in [3.63, 3.8) is 0 Å². The average Bonchev–Trinajstić information content (AvgIpc) is 3.14. The van der Waals surface area contributed by atoms with Gasteiger partial charge in [-0.2, -0.15) is 0 Å². The smallest absolute Gasteiger partial charge is 0.124 e. The molecule has 0 bridgehead atoms. The van der Waals surface area contributed by atoms with Crippen molar-refractivity contribution in [1.29, 1.82) is 0 Å². The van der Waals surface area contributed by atoms with Crippen LogP contribution in [0, 0.1) is 0 Å². The van der Waals surface area contributed by atoms with Gasteiger partial charge in [-0.3, -0.25) is 20.0 Å². The van der Waals surface area contributed by atoms with Gasteiger partial charge < -0.3 is 4.74 Å². The summed E-state index contributed by atoms with van der Waals surface area (Å²) in [7, 11) is 0. The third-order valence-electron chi connectivity index (χ3n) is 8.36. The molecule has 5 heteroatoms. The first-order chi connectivity index (χ1) is 24.2. The number of allylic oxidation sites excluding steroid dienone is 8. The maximum Gasteiger partial charge on any atom is 0.124 e. The first-order valence-corrected chi connectivity index (χ1v) is 18.5. The lowest BCUT2D eigenvalue weighted by atomic mass is 10.1. The minimum absolute atomic E-state index is 0.550. The highest BCUT2D eigenvalue weighted by Crippen LogP contribution is 2.23. The lowest BCUT2D eigenvalue weighted by Crippen LogP contribution is -2.01. The minimum Gasteiger partial charge on any atom is -0.493 e. The summed E-state index contributed by atoms with van der Waals surface area (Å²) < 4.78 is 6.40. The maximum atomic E-state index is 6.40. The molecular formula is C44H58N4O. The fourth-order valence-corrected chi connectivity index (χ4v) is 5.61. The number of hydrogen-bond donors (Lipinski definition) is 0. The van der Waals surface area contributed by atoms with Crippen LogP contribution in [0.5, 0.6) is 5.75 Å². The number of unbranched alkanes of at least 4 members (excludes halogenated alkanes) is 11. The minimum atomic E-state index is 0.550. The van der Waals surface area contributed by atoms with Gasteiger partial charge in [0.15, 0.2) is 0 Å². The average molecular weight is 659 g/mol. The van der Waals surface area contributed by atoms with Gasteiger partial charge in [0.05, 0.1) is 19.7 Å². The van der Waals surface area contributed by atoms with Crippen LogP contribution in [-0.2, 0) is 13.1 Å². The van der Waals surface area contributed by atoms with E-state index in [1.165, 1.54) is 70.6 Å². The van der Waals surface area contributed by atoms with Crippen LogP contribution in [0.25, 0.3) is 11.1 Å². The lowest BCUT2D eigenvalue weighted by Gasteiger charge is -2.12. The molecule has 0 aliphatic rings. The van der Waals surface area contributed by atoms with Crippen molar-refractivity contribution in [3.05, 3.63) is 126 Å². The van der Waals surface area contributed by atoms with E-state index in [4.69, 9.17) is 14.7 Å². The van der Waals surface area contributed by atoms with Crippen molar-refractivity contribution in [1.82, 2.24) is 9.97 Å². The summed E-state index contributed by atoms with van der Waals surface area (Å²) in [5.74, 6) is 0.904. The van der Waals surface area contributed by atoms with Gasteiger partial charge in [-0.15, -0.1) is 0 Å². The van der Waals surface area contributed by atoms with Crippen LogP contribution < -0.4 is 4.74 Å². The highest BCUT2D eigenvalue weighted by atomic mass is 16.5. The Hall–Kier alpha value is -4.38. The molecule has 0 unspecified atom stereocenters. The quantitative estimate of drug-likeness (QED) is 0.0547. The van der Waals surface area contributed by atoms with Gasteiger partial charge >= 0.3 is 0 Å². The van der Waals surface area contributed by atoms with E-state index in [0.717, 1.165) is 52.2 Å². The van der Waals surface area contributed by atoms with E-state index in [1.54, 1.807) is 0 Å². The van der Waals surface area contributed by atoms with E-state index in [0.29, 0.717) is 13.1 Å². The van der Waals surface area contributed by atoms with Crippen LogP contribution in [0.15, 0.2) is 114 Å². The lowest BCUT2D eigenvalue weighted by molar-refractivity contribution is 0.301. The topological polar surface area (TPSA) is 59.7 Å². The standard InChI is InChI=1S/C44H58N4O/c1-4-7-8-9-10-11-12-13-14-15-16-17-34-49-44-35-38(36-47-32-26-39(18-5-2)41-22-28-45-29-23-41)20-21-43(44)37-48-33-27-40(19-6-3)42-24-30-46-31-25-42/h5-6,18-33,35H,4,7-17,34,36-37H2,1-3H3/b18-5-,19-6-,39-26+,40-27+,47-32+,48-33+. The molecule has 5 nitrogen and oxygen atoms in total. The van der Waals surface area contributed by atoms with E-state index < -0.39 is 0 Å². The summed E-state index contributed by atoms with van der Waals surface area (Å²) in [5.41, 5.74) is 6.63. The van der Waals surface area contributed by atoms with Crippen molar-refractivity contribution in [2.75, 3.05) is 6.61 Å². The molecule has 0 spiro atoms. The summed E-state index contributed by atoms with van der Waals surface area (Å²) in [6.07, 6.45) is 39.3. The van der Waals surface area contributed by atoms with Crippen molar-refractivity contribution >= 4 is 23.6 Å². The Bertz CT molecular complexity index is 1490. The highest BCUT2D eigenvalue weighted by Gasteiger charge is 2.06. The van der Waals surface area contributed by atoms with E-state index in [2.05, 4.69) is 47.2 Å². The highest BCUT2D eigenvalue weighted by molar-refractivity contribution is 5.89. The van der Waals surface area contributed by atoms with Crippen LogP contribution in [0.4, 0.5) is 0 Å². The monoisotopic (exact) mass is 658 g/mol. The Balaban J connectivity index is 1.59. The van der Waals surface area contributed by atoms with Gasteiger partial charge in [-0.05, 0) is 90.6 Å². The fourth-order valence-electron chi connectivity index (χ4n) is 5.61. The summed E-state index contributed by atoms with van der Waals surface area (Å²) in [6, 6.07) is 14.5. The number of aliphatic imine (C=N–C) groups is 2. The second kappa shape index (κ2) is 25.6. The molecule has 0 fully saturated rings. The van der Waals surface area contributed by atoms with Crippen LogP contribution in [0.2, 0.25) is 0 Å². The molecule has 49 heavy (non-hydrogen) atoms. The Morgan fingerprint density at radius 3 is 1.61 bits per heavy atom. The van der Waals surface area contributed by atoms with Crippen molar-refractivity contribution in [3.8, 4) is 5.75 Å². The van der Waals surface area contributed by atoms with Crippen LogP contribution in [0.3, 0.4) is 0 Å². The predicted molar refractivity (Wildman–Crippen MR) is 211 cm³/mol. The van der Waals surface area contributed by atoms with Crippen molar-refractivity contribution in [2.45, 2.75) is 111 Å². The molecule has 2 aromatic heterocycles. The Morgan fingerprint density at radius 1 is 0.612 bits per heavy atom. The van der Waals surface area contributed by atoms with Gasteiger partial charge in [-0.25, -0.2) is 0 Å². The van der Waals surface area contributed by atoms with Crippen molar-refractivity contribution in [2.24, 2.45) is 9.98 Å². The molecule has 0 saturated carbocycles. The van der Waals surface area contributed by atoms with Gasteiger partial charge in [-0.1, -0.05) is 114 Å². The molecular weight excluding hydrogens is 601 g/mol. The van der Waals surface area contributed by atoms with E-state index in [1.807, 2.05) is 99.6 Å². The molecule has 1 aromatic carbocycles. The van der Waals surface area contributed by atoms with Gasteiger partial charge in [0.25, 0.3) is 0 Å². The first kappa shape index (κ1) is 39.1. The molecule has 0 radical (unpaired) electrons. The van der Waals surface area contributed by atoms with Gasteiger partial charge in [0.1, 0.15) is 5.75 Å². The van der Waals surface area contributed by atoms with Gasteiger partial charge in [0.2, 0.25) is 0 Å². The molecule has 260 valence electrons. The van der Waals surface area contributed by atoms with E-state index in [9.17, 15) is 0 Å². The third kappa shape index (κ3) is 16.5. The normalized spacial score (nSPS) is 12.7. The molecule has 3 aromatic rings. The molecule has 0 amide bonds. The van der Waals surface area contributed by atoms with Crippen LogP contribution >= 0.6 is 0 Å². The predicted octanol–water partition coefficient (Wildman–Crippen LogP) is 12.0. The van der Waals surface area contributed by atoms with Crippen LogP contribution in [0.1, 0.15) is 120 Å². The second-order valence-electron chi connectivity index (χ2n) is 12.4. The largest absolute Gasteiger partial charge is 0.493 e. The number of aromatic nitrogens is 2. The molecule has 0 atom stereocenters. The zero-order chi connectivity index (χ0) is 34.6. The fraction of sp³-hybridized carbons (Fsp3) is 0.409. The Labute approximate surface area is 296 Å². The van der Waals surface area contributed by atoms with E-state index in [-0.39, 0.29) is 0 Å². The number of hydrogen-bond acceptors (Lipinski definition) is 5. The molecule has 0 aliphatic carbocycles. The zero-order valence-electron chi connectivity index (χ0n) is 30.3. The summed E-state index contributed by atoms with van der Waals surface area (Å²) >= 11 is 0. The Morgan fingerprint density at radius 2 is 1.10 bits per heavy atom. The number of ether oxygens (including phenoxy) is 1. The van der Waals surface area contributed by atoms with Crippen LogP contribution in [-0.4, -0.2) is 29.0 Å². The second-order valence-corrected chi connectivity index (χ2v) is 12.4. The number of benzene rings is 1. The zero-order valence-corrected chi connectivity index (χ0v) is 30.3. The number of rotatable bonds is 24. The molecule has 0 aliphatic heterocycles. The summed E-state index contributed by atoms with van der Waals surface area (Å²) in [4.78, 5) is 17.8. The molecule has 2 heterocycles. The summed E-state index contributed by atoms with van der Waals surface area (Å²) in [6.45, 7) is 8.18. The molecule has 0 N–H and O–H groups in total. The summed E-state index contributed by atoms with van der Waals surface area (Å²) in [5, 5.41) is 0.